The number of hydrogen-bond acceptors (Lipinski definition) is 6. The maximum atomic E-state index is 11.5. The number of amides is 1. The summed E-state index contributed by atoms with van der Waals surface area (Å²) in [5.41, 5.74) is -0.494. The van der Waals surface area contributed by atoms with E-state index in [2.05, 4.69) is 31.1 Å². The van der Waals surface area contributed by atoms with Gasteiger partial charge in [-0.2, -0.15) is 4.98 Å². The minimum atomic E-state index is -0.494. The van der Waals surface area contributed by atoms with Gasteiger partial charge < -0.3 is 25.2 Å². The molecule has 25 heavy (non-hydrogen) atoms. The molecule has 1 aromatic rings. The summed E-state index contributed by atoms with van der Waals surface area (Å²) in [7, 11) is 1.69. The van der Waals surface area contributed by atoms with E-state index in [1.54, 1.807) is 14.0 Å². The van der Waals surface area contributed by atoms with Crippen LogP contribution in [-0.4, -0.2) is 54.5 Å². The minimum Gasteiger partial charge on any atom is -0.444 e. The molecule has 0 aromatic carbocycles. The summed E-state index contributed by atoms with van der Waals surface area (Å²) in [6.07, 6.45) is 1.13. The van der Waals surface area contributed by atoms with Crippen molar-refractivity contribution < 1.29 is 14.1 Å². The molecule has 10 heteroatoms. The van der Waals surface area contributed by atoms with Crippen molar-refractivity contribution in [2.24, 2.45) is 4.99 Å². The predicted octanol–water partition coefficient (Wildman–Crippen LogP) is 1.62. The number of carbonyl (C=O) groups excluding carboxylic acids is 1. The number of hydrogen-bond donors (Lipinski definition) is 3. The first-order chi connectivity index (χ1) is 11.3. The van der Waals surface area contributed by atoms with Crippen molar-refractivity contribution in [3.8, 4) is 0 Å². The fraction of sp³-hybridized carbons (Fsp3) is 0.733. The number of ether oxygens (including phenoxy) is 1. The molecular formula is C15H29IN6O3. The fourth-order valence-corrected chi connectivity index (χ4v) is 1.77. The molecule has 0 bridgehead atoms. The molecule has 1 heterocycles. The van der Waals surface area contributed by atoms with Gasteiger partial charge in [-0.3, -0.25) is 4.99 Å². The van der Waals surface area contributed by atoms with Crippen LogP contribution >= 0.6 is 24.0 Å². The van der Waals surface area contributed by atoms with Gasteiger partial charge in [0.25, 0.3) is 0 Å². The Labute approximate surface area is 165 Å². The molecular weight excluding hydrogens is 439 g/mol. The van der Waals surface area contributed by atoms with Crippen molar-refractivity contribution in [3.05, 3.63) is 11.7 Å². The Kier molecular flexibility index (Phi) is 11.1. The lowest BCUT2D eigenvalue weighted by Gasteiger charge is -2.19. The van der Waals surface area contributed by atoms with Crippen LogP contribution in [0.25, 0.3) is 0 Å². The summed E-state index contributed by atoms with van der Waals surface area (Å²) < 4.78 is 10.2. The number of aryl methyl sites for hydroxylation is 2. The van der Waals surface area contributed by atoms with Crippen LogP contribution < -0.4 is 16.0 Å². The first-order valence-corrected chi connectivity index (χ1v) is 8.00. The van der Waals surface area contributed by atoms with Gasteiger partial charge in [0.15, 0.2) is 11.8 Å². The number of guanidine groups is 1. The number of carbonyl (C=O) groups is 1. The van der Waals surface area contributed by atoms with E-state index in [0.717, 1.165) is 13.0 Å². The molecule has 1 rings (SSSR count). The van der Waals surface area contributed by atoms with Gasteiger partial charge in [0.2, 0.25) is 5.89 Å². The van der Waals surface area contributed by atoms with Crippen molar-refractivity contribution in [2.45, 2.75) is 46.1 Å². The molecule has 1 amide bonds. The number of aliphatic imine (C=N–C) groups is 1. The van der Waals surface area contributed by atoms with Gasteiger partial charge in [-0.25, -0.2) is 4.79 Å². The summed E-state index contributed by atoms with van der Waals surface area (Å²) in [4.78, 5) is 19.8. The van der Waals surface area contributed by atoms with Gasteiger partial charge in [-0.05, 0) is 34.1 Å². The Bertz CT molecular complexity index is 542. The highest BCUT2D eigenvalue weighted by atomic mass is 127. The van der Waals surface area contributed by atoms with Gasteiger partial charge in [0.1, 0.15) is 5.60 Å². The molecule has 3 N–H and O–H groups in total. The maximum absolute atomic E-state index is 11.5. The standard InChI is InChI=1S/C15H28N6O3.HI/c1-11-20-12(24-21-11)7-6-8-17-13(16-5)18-9-10-19-14(22)23-15(2,3)4;/h6-10H2,1-5H3,(H,19,22)(H2,16,17,18);1H. The first-order valence-electron chi connectivity index (χ1n) is 8.00. The van der Waals surface area contributed by atoms with Crippen LogP contribution in [0, 0.1) is 6.92 Å². The second-order valence-electron chi connectivity index (χ2n) is 6.19. The molecule has 0 radical (unpaired) electrons. The molecule has 0 saturated heterocycles. The van der Waals surface area contributed by atoms with Crippen molar-refractivity contribution in [2.75, 3.05) is 26.7 Å². The van der Waals surface area contributed by atoms with E-state index in [0.29, 0.717) is 37.2 Å². The van der Waals surface area contributed by atoms with Crippen molar-refractivity contribution in [3.63, 3.8) is 0 Å². The van der Waals surface area contributed by atoms with E-state index >= 15 is 0 Å². The Balaban J connectivity index is 0.00000576. The van der Waals surface area contributed by atoms with Gasteiger partial charge in [0, 0.05) is 33.1 Å². The van der Waals surface area contributed by atoms with Crippen LogP contribution in [0.5, 0.6) is 0 Å². The summed E-state index contributed by atoms with van der Waals surface area (Å²) >= 11 is 0. The minimum absolute atomic E-state index is 0. The molecule has 144 valence electrons. The van der Waals surface area contributed by atoms with Gasteiger partial charge in [-0.1, -0.05) is 5.16 Å². The average molecular weight is 468 g/mol. The van der Waals surface area contributed by atoms with Gasteiger partial charge in [-0.15, -0.1) is 24.0 Å². The van der Waals surface area contributed by atoms with Crippen LogP contribution in [0.1, 0.15) is 38.9 Å². The van der Waals surface area contributed by atoms with E-state index in [4.69, 9.17) is 9.26 Å². The smallest absolute Gasteiger partial charge is 0.407 e. The van der Waals surface area contributed by atoms with E-state index in [1.807, 2.05) is 20.8 Å². The Hall–Kier alpha value is -1.59. The summed E-state index contributed by atoms with van der Waals surface area (Å²) in [5.74, 6) is 1.95. The average Bonchev–Trinajstić information content (AvgIpc) is 2.89. The fourth-order valence-electron chi connectivity index (χ4n) is 1.77. The Morgan fingerprint density at radius 3 is 2.40 bits per heavy atom. The van der Waals surface area contributed by atoms with Crippen molar-refractivity contribution in [1.29, 1.82) is 0 Å². The quantitative estimate of drug-likeness (QED) is 0.241. The summed E-state index contributed by atoms with van der Waals surface area (Å²) in [6, 6.07) is 0. The molecule has 0 aliphatic heterocycles. The first kappa shape index (κ1) is 23.4. The third kappa shape index (κ3) is 11.6. The van der Waals surface area contributed by atoms with Crippen LogP contribution in [0.2, 0.25) is 0 Å². The summed E-state index contributed by atoms with van der Waals surface area (Å²) in [5, 5.41) is 12.7. The molecule has 0 atom stereocenters. The summed E-state index contributed by atoms with van der Waals surface area (Å²) in [6.45, 7) is 8.98. The highest BCUT2D eigenvalue weighted by Gasteiger charge is 2.15. The number of rotatable bonds is 7. The van der Waals surface area contributed by atoms with Gasteiger partial charge >= 0.3 is 6.09 Å². The number of aromatic nitrogens is 2. The molecule has 1 aromatic heterocycles. The van der Waals surface area contributed by atoms with Crippen LogP contribution in [0.15, 0.2) is 9.52 Å². The second kappa shape index (κ2) is 11.9. The largest absolute Gasteiger partial charge is 0.444 e. The number of halogens is 1. The molecule has 0 unspecified atom stereocenters. The van der Waals surface area contributed by atoms with Crippen LogP contribution in [0.4, 0.5) is 4.79 Å². The molecule has 0 fully saturated rings. The lowest BCUT2D eigenvalue weighted by Crippen LogP contribution is -2.42. The van der Waals surface area contributed by atoms with Crippen LogP contribution in [-0.2, 0) is 11.2 Å². The molecule has 0 spiro atoms. The topological polar surface area (TPSA) is 114 Å². The molecule has 9 nitrogen and oxygen atoms in total. The van der Waals surface area contributed by atoms with Gasteiger partial charge in [0.05, 0.1) is 0 Å². The lowest BCUT2D eigenvalue weighted by molar-refractivity contribution is 0.0529. The van der Waals surface area contributed by atoms with Crippen molar-refractivity contribution in [1.82, 2.24) is 26.1 Å². The number of alkyl carbamates (subject to hydrolysis) is 1. The van der Waals surface area contributed by atoms with E-state index in [-0.39, 0.29) is 24.0 Å². The SMILES string of the molecule is CN=C(NCCCc1nc(C)no1)NCCNC(=O)OC(C)(C)C.I. The second-order valence-corrected chi connectivity index (χ2v) is 6.19. The zero-order valence-corrected chi connectivity index (χ0v) is 17.8. The normalized spacial score (nSPS) is 11.5. The number of nitrogens with zero attached hydrogens (tertiary/aromatic N) is 3. The zero-order chi connectivity index (χ0) is 18.0. The third-order valence-corrected chi connectivity index (χ3v) is 2.74. The maximum Gasteiger partial charge on any atom is 0.407 e. The Morgan fingerprint density at radius 2 is 1.84 bits per heavy atom. The monoisotopic (exact) mass is 468 g/mol. The zero-order valence-electron chi connectivity index (χ0n) is 15.5. The Morgan fingerprint density at radius 1 is 1.20 bits per heavy atom. The highest BCUT2D eigenvalue weighted by Crippen LogP contribution is 2.05. The molecule has 0 aliphatic carbocycles. The number of nitrogens with one attached hydrogen (secondary N) is 3. The highest BCUT2D eigenvalue weighted by molar-refractivity contribution is 14.0. The predicted molar refractivity (Wildman–Crippen MR) is 106 cm³/mol. The third-order valence-electron chi connectivity index (χ3n) is 2.74. The van der Waals surface area contributed by atoms with Crippen LogP contribution in [0.3, 0.4) is 0 Å². The van der Waals surface area contributed by atoms with E-state index in [9.17, 15) is 4.79 Å². The molecule has 0 saturated carbocycles. The van der Waals surface area contributed by atoms with E-state index in [1.165, 1.54) is 0 Å². The van der Waals surface area contributed by atoms with E-state index < -0.39 is 11.7 Å². The van der Waals surface area contributed by atoms with Crippen molar-refractivity contribution >= 4 is 36.0 Å². The molecule has 0 aliphatic rings. The lowest BCUT2D eigenvalue weighted by atomic mass is 10.2.